The molecule has 1 aromatic carbocycles. The van der Waals surface area contributed by atoms with E-state index < -0.39 is 5.92 Å². The minimum Gasteiger partial charge on any atom is -0.275 e. The quantitative estimate of drug-likeness (QED) is 0.678. The molecule has 3 heteroatoms. The van der Waals surface area contributed by atoms with Crippen molar-refractivity contribution in [3.63, 3.8) is 0 Å². The molecule has 0 aliphatic heterocycles. The van der Waals surface area contributed by atoms with Crippen molar-refractivity contribution >= 4 is 0 Å². The monoisotopic (exact) mass is 259 g/mol. The van der Waals surface area contributed by atoms with E-state index in [0.29, 0.717) is 0 Å². The second-order valence-electron chi connectivity index (χ2n) is 2.29. The van der Waals surface area contributed by atoms with Crippen LogP contribution in [0.15, 0.2) is 30.3 Å². The Morgan fingerprint density at radius 2 is 1.62 bits per heavy atom. The zero-order valence-electron chi connectivity index (χ0n) is 7.63. The van der Waals surface area contributed by atoms with Crippen LogP contribution in [0, 0.1) is 13.0 Å². The van der Waals surface area contributed by atoms with Gasteiger partial charge in [0, 0.05) is 32.7 Å². The van der Waals surface area contributed by atoms with Gasteiger partial charge in [0.1, 0.15) is 5.92 Å². The maximum Gasteiger partial charge on any atom is 0.129 e. The van der Waals surface area contributed by atoms with Crippen molar-refractivity contribution in [3.8, 4) is 0 Å². The van der Waals surface area contributed by atoms with E-state index in [0.717, 1.165) is 0 Å². The summed E-state index contributed by atoms with van der Waals surface area (Å²) >= 11 is 0. The molecule has 71 valence electrons. The van der Waals surface area contributed by atoms with Crippen molar-refractivity contribution in [3.05, 3.63) is 43.3 Å². The first kappa shape index (κ1) is 15.6. The number of hydrogen-bond donors (Lipinski definition) is 0. The molecular weight excluding hydrogens is 247 g/mol. The van der Waals surface area contributed by atoms with Crippen LogP contribution in [0.3, 0.4) is 0 Å². The van der Waals surface area contributed by atoms with Gasteiger partial charge in [-0.3, -0.25) is 6.92 Å². The van der Waals surface area contributed by atoms with Crippen molar-refractivity contribution in [2.24, 2.45) is 0 Å². The number of halogens is 2. The first-order chi connectivity index (χ1) is 5.56. The average molecular weight is 259 g/mol. The fourth-order valence-corrected chi connectivity index (χ4v) is 0.342. The van der Waals surface area contributed by atoms with Gasteiger partial charge in [0.25, 0.3) is 0 Å². The first-order valence-electron chi connectivity index (χ1n) is 3.70. The van der Waals surface area contributed by atoms with Gasteiger partial charge in [-0.25, -0.2) is 8.78 Å². The number of hydrogen-bond acceptors (Lipinski definition) is 0. The molecule has 13 heavy (non-hydrogen) atoms. The normalized spacial score (nSPS) is 9.23. The standard InChI is InChI=1S/C6H5.C4H7F2.Y/c1-2-4-6-5-3-1;1-3-4(2,5)6;/h1-5H;2-3H2,1H3;/q2*-1;. The van der Waals surface area contributed by atoms with Crippen LogP contribution in [0.1, 0.15) is 13.3 Å². The second-order valence-corrected chi connectivity index (χ2v) is 2.29. The van der Waals surface area contributed by atoms with Gasteiger partial charge >= 0.3 is 0 Å². The van der Waals surface area contributed by atoms with Crippen LogP contribution in [-0.4, -0.2) is 5.92 Å². The van der Waals surface area contributed by atoms with Crippen LogP contribution in [-0.2, 0) is 32.7 Å². The average Bonchev–Trinajstić information content (AvgIpc) is 2.07. The fourth-order valence-electron chi connectivity index (χ4n) is 0.342. The van der Waals surface area contributed by atoms with Gasteiger partial charge in [0.2, 0.25) is 0 Å². The Labute approximate surface area is 104 Å². The molecule has 0 bridgehead atoms. The van der Waals surface area contributed by atoms with Gasteiger partial charge in [0.05, 0.1) is 0 Å². The topological polar surface area (TPSA) is 0 Å². The predicted molar refractivity (Wildman–Crippen MR) is 45.9 cm³/mol. The van der Waals surface area contributed by atoms with E-state index in [1.165, 1.54) is 6.92 Å². The summed E-state index contributed by atoms with van der Waals surface area (Å²) in [7, 11) is 0. The molecule has 0 nitrogen and oxygen atoms in total. The molecule has 0 saturated heterocycles. The van der Waals surface area contributed by atoms with Crippen molar-refractivity contribution in [2.75, 3.05) is 0 Å². The Morgan fingerprint density at radius 1 is 1.23 bits per heavy atom. The zero-order chi connectivity index (χ0) is 9.45. The molecule has 1 radical (unpaired) electrons. The Kier molecular flexibility index (Phi) is 10.6. The van der Waals surface area contributed by atoms with E-state index in [1.54, 1.807) is 0 Å². The molecule has 0 unspecified atom stereocenters. The van der Waals surface area contributed by atoms with Crippen molar-refractivity contribution < 1.29 is 41.5 Å². The molecule has 0 amide bonds. The van der Waals surface area contributed by atoms with Gasteiger partial charge in [0.15, 0.2) is 0 Å². The summed E-state index contributed by atoms with van der Waals surface area (Å²) in [6.07, 6.45) is -0.174. The largest absolute Gasteiger partial charge is 0.275 e. The van der Waals surface area contributed by atoms with Crippen molar-refractivity contribution in [1.82, 2.24) is 0 Å². The Balaban J connectivity index is 0. The fraction of sp³-hybridized carbons (Fsp3) is 0.300. The molecule has 0 aliphatic carbocycles. The smallest absolute Gasteiger partial charge is 0.129 e. The van der Waals surface area contributed by atoms with Gasteiger partial charge in [-0.2, -0.15) is 36.4 Å². The summed E-state index contributed by atoms with van der Waals surface area (Å²) in [5.74, 6) is -2.71. The third-order valence-corrected chi connectivity index (χ3v) is 1.12. The summed E-state index contributed by atoms with van der Waals surface area (Å²) in [6.45, 7) is 3.95. The summed E-state index contributed by atoms with van der Waals surface area (Å²) in [5.41, 5.74) is 0. The summed E-state index contributed by atoms with van der Waals surface area (Å²) in [5, 5.41) is 0. The second kappa shape index (κ2) is 8.77. The molecule has 0 spiro atoms. The maximum atomic E-state index is 11.3. The third kappa shape index (κ3) is 15.0. The van der Waals surface area contributed by atoms with E-state index in [4.69, 9.17) is 0 Å². The van der Waals surface area contributed by atoms with Crippen molar-refractivity contribution in [1.29, 1.82) is 0 Å². The van der Waals surface area contributed by atoms with E-state index >= 15 is 0 Å². The minimum absolute atomic E-state index is 0. The van der Waals surface area contributed by atoms with E-state index in [2.05, 4.69) is 13.0 Å². The van der Waals surface area contributed by atoms with Crippen LogP contribution in [0.2, 0.25) is 0 Å². The van der Waals surface area contributed by atoms with Crippen LogP contribution in [0.5, 0.6) is 0 Å². The van der Waals surface area contributed by atoms with Crippen LogP contribution < -0.4 is 0 Å². The molecular formula is C10H12F2Y-2. The van der Waals surface area contributed by atoms with E-state index in [-0.39, 0.29) is 39.1 Å². The molecule has 0 aliphatic rings. The predicted octanol–water partition coefficient (Wildman–Crippen LogP) is 3.35. The number of alkyl halides is 2. The zero-order valence-corrected chi connectivity index (χ0v) is 10.5. The molecule has 0 saturated carbocycles. The minimum atomic E-state index is -2.71. The summed E-state index contributed by atoms with van der Waals surface area (Å²) in [4.78, 5) is 0. The van der Waals surface area contributed by atoms with Gasteiger partial charge in [-0.1, -0.05) is 6.92 Å². The molecule has 0 heterocycles. The molecule has 0 N–H and O–H groups in total. The van der Waals surface area contributed by atoms with Crippen LogP contribution >= 0.6 is 0 Å². The first-order valence-corrected chi connectivity index (χ1v) is 3.70. The van der Waals surface area contributed by atoms with Crippen LogP contribution in [0.4, 0.5) is 8.78 Å². The van der Waals surface area contributed by atoms with Gasteiger partial charge < -0.3 is 0 Å². The Morgan fingerprint density at radius 3 is 1.69 bits per heavy atom. The molecule has 0 fully saturated rings. The third-order valence-electron chi connectivity index (χ3n) is 1.12. The van der Waals surface area contributed by atoms with Crippen LogP contribution in [0.25, 0.3) is 0 Å². The molecule has 0 atom stereocenters. The summed E-state index contributed by atoms with van der Waals surface area (Å²) < 4.78 is 22.7. The molecule has 0 aromatic heterocycles. The van der Waals surface area contributed by atoms with E-state index in [1.807, 2.05) is 30.3 Å². The molecule has 1 rings (SSSR count). The summed E-state index contributed by atoms with van der Waals surface area (Å²) in [6, 6.07) is 12.5. The Bertz CT molecular complexity index is 155. The number of benzene rings is 1. The SMILES string of the molecule is [CH2-]C(F)(F)CC.[Y].[c-]1ccccc1. The van der Waals surface area contributed by atoms with Gasteiger partial charge in [-0.15, -0.1) is 0 Å². The van der Waals surface area contributed by atoms with Gasteiger partial charge in [-0.05, 0) is 6.42 Å². The molecule has 1 aromatic rings. The van der Waals surface area contributed by atoms with Crippen molar-refractivity contribution in [2.45, 2.75) is 19.3 Å². The number of rotatable bonds is 1. The maximum absolute atomic E-state index is 11.3. The van der Waals surface area contributed by atoms with E-state index in [9.17, 15) is 8.78 Å². The Hall–Kier alpha value is 0.184.